The zero-order chi connectivity index (χ0) is 16.8. The molecule has 0 bridgehead atoms. The number of nitrogens with one attached hydrogen (secondary N) is 1. The van der Waals surface area contributed by atoms with Crippen molar-refractivity contribution in [2.75, 3.05) is 12.3 Å². The number of thioether (sulfide) groups is 1. The molecular formula is C17H16FN3O2S. The number of aromatic nitrogens is 2. The summed E-state index contributed by atoms with van der Waals surface area (Å²) >= 11 is 1.37. The van der Waals surface area contributed by atoms with Crippen LogP contribution in [0.4, 0.5) is 4.39 Å². The van der Waals surface area contributed by atoms with Crippen LogP contribution in [0.2, 0.25) is 0 Å². The average Bonchev–Trinajstić information content (AvgIpc) is 3.25. The average molecular weight is 345 g/mol. The fraction of sp³-hybridized carbons (Fsp3) is 0.176. The topological polar surface area (TPSA) is 60.1 Å². The number of furan rings is 1. The number of hydrogen-bond donors (Lipinski definition) is 1. The monoisotopic (exact) mass is 345 g/mol. The summed E-state index contributed by atoms with van der Waals surface area (Å²) in [6.07, 6.45) is 6.95. The quantitative estimate of drug-likeness (QED) is 0.668. The van der Waals surface area contributed by atoms with E-state index in [1.165, 1.54) is 23.9 Å². The number of carbonyl (C=O) groups is 1. The van der Waals surface area contributed by atoms with E-state index in [0.29, 0.717) is 18.8 Å². The molecule has 0 aliphatic heterocycles. The van der Waals surface area contributed by atoms with Crippen LogP contribution >= 0.6 is 11.8 Å². The molecule has 0 saturated heterocycles. The molecule has 1 amide bonds. The molecule has 2 aromatic heterocycles. The van der Waals surface area contributed by atoms with E-state index in [-0.39, 0.29) is 11.7 Å². The zero-order valence-corrected chi connectivity index (χ0v) is 13.6. The number of hydrogen-bond acceptors (Lipinski definition) is 4. The van der Waals surface area contributed by atoms with Crippen LogP contribution in [0.5, 0.6) is 0 Å². The number of halogens is 1. The molecule has 0 aliphatic carbocycles. The second-order valence-corrected chi connectivity index (χ2v) is 6.15. The van der Waals surface area contributed by atoms with E-state index in [1.54, 1.807) is 35.5 Å². The molecule has 2 heterocycles. The first-order chi connectivity index (χ1) is 11.7. The Morgan fingerprint density at radius 3 is 2.83 bits per heavy atom. The first-order valence-electron chi connectivity index (χ1n) is 7.41. The highest BCUT2D eigenvalue weighted by Gasteiger charge is 2.05. The zero-order valence-electron chi connectivity index (χ0n) is 12.8. The van der Waals surface area contributed by atoms with Gasteiger partial charge in [0.2, 0.25) is 5.91 Å². The Morgan fingerprint density at radius 2 is 2.08 bits per heavy atom. The Morgan fingerprint density at radius 1 is 1.25 bits per heavy atom. The lowest BCUT2D eigenvalue weighted by molar-refractivity contribution is -0.118. The van der Waals surface area contributed by atoms with Crippen LogP contribution in [0.25, 0.3) is 11.1 Å². The van der Waals surface area contributed by atoms with Crippen LogP contribution in [-0.2, 0) is 11.3 Å². The van der Waals surface area contributed by atoms with Gasteiger partial charge >= 0.3 is 0 Å². The lowest BCUT2D eigenvalue weighted by Crippen LogP contribution is -2.28. The van der Waals surface area contributed by atoms with Crippen molar-refractivity contribution in [1.29, 1.82) is 0 Å². The summed E-state index contributed by atoms with van der Waals surface area (Å²) in [5.41, 5.74) is 1.95. The molecule has 1 N–H and O–H groups in total. The summed E-state index contributed by atoms with van der Waals surface area (Å²) in [4.78, 5) is 12.7. The first-order valence-corrected chi connectivity index (χ1v) is 8.39. The smallest absolute Gasteiger partial charge is 0.230 e. The molecule has 3 rings (SSSR count). The van der Waals surface area contributed by atoms with E-state index in [2.05, 4.69) is 10.4 Å². The van der Waals surface area contributed by atoms with Crippen molar-refractivity contribution < 1.29 is 13.6 Å². The molecule has 0 radical (unpaired) electrons. The number of nitrogens with zero attached hydrogens (tertiary/aromatic N) is 2. The third-order valence-corrected chi connectivity index (χ3v) is 4.35. The maximum Gasteiger partial charge on any atom is 0.230 e. The Balaban J connectivity index is 1.40. The van der Waals surface area contributed by atoms with Crippen LogP contribution in [0, 0.1) is 5.82 Å². The van der Waals surface area contributed by atoms with Gasteiger partial charge in [-0.05, 0) is 30.3 Å². The van der Waals surface area contributed by atoms with Crippen LogP contribution in [0.1, 0.15) is 0 Å². The third kappa shape index (κ3) is 4.48. The van der Waals surface area contributed by atoms with Crippen LogP contribution in [-0.4, -0.2) is 28.0 Å². The molecule has 7 heteroatoms. The predicted molar refractivity (Wildman–Crippen MR) is 90.1 cm³/mol. The lowest BCUT2D eigenvalue weighted by atomic mass is 10.2. The number of rotatable bonds is 7. The summed E-state index contributed by atoms with van der Waals surface area (Å²) in [6.45, 7) is 1.08. The van der Waals surface area contributed by atoms with Gasteiger partial charge in [-0.2, -0.15) is 5.10 Å². The molecule has 0 unspecified atom stereocenters. The van der Waals surface area contributed by atoms with Gasteiger partial charge in [-0.3, -0.25) is 9.48 Å². The van der Waals surface area contributed by atoms with E-state index in [1.807, 2.05) is 12.3 Å². The van der Waals surface area contributed by atoms with E-state index in [9.17, 15) is 9.18 Å². The van der Waals surface area contributed by atoms with Gasteiger partial charge in [0.25, 0.3) is 0 Å². The van der Waals surface area contributed by atoms with Crippen LogP contribution in [0.3, 0.4) is 0 Å². The van der Waals surface area contributed by atoms with Gasteiger partial charge in [-0.1, -0.05) is 0 Å². The van der Waals surface area contributed by atoms with Gasteiger partial charge in [0.1, 0.15) is 5.82 Å². The van der Waals surface area contributed by atoms with E-state index in [0.717, 1.165) is 16.0 Å². The van der Waals surface area contributed by atoms with Crippen molar-refractivity contribution in [2.24, 2.45) is 0 Å². The van der Waals surface area contributed by atoms with Gasteiger partial charge in [0, 0.05) is 28.8 Å². The molecule has 0 saturated carbocycles. The minimum absolute atomic E-state index is 0.0634. The second kappa shape index (κ2) is 7.83. The molecule has 124 valence electrons. The molecular weight excluding hydrogens is 329 g/mol. The lowest BCUT2D eigenvalue weighted by Gasteiger charge is -2.05. The highest BCUT2D eigenvalue weighted by molar-refractivity contribution is 8.00. The van der Waals surface area contributed by atoms with E-state index < -0.39 is 0 Å². The summed E-state index contributed by atoms with van der Waals surface area (Å²) in [6, 6.07) is 7.96. The normalized spacial score (nSPS) is 10.7. The van der Waals surface area contributed by atoms with Crippen molar-refractivity contribution in [1.82, 2.24) is 15.1 Å². The van der Waals surface area contributed by atoms with Gasteiger partial charge in [0.15, 0.2) is 0 Å². The maximum absolute atomic E-state index is 12.8. The van der Waals surface area contributed by atoms with Gasteiger partial charge in [-0.15, -0.1) is 11.8 Å². The largest absolute Gasteiger partial charge is 0.472 e. The van der Waals surface area contributed by atoms with Crippen molar-refractivity contribution in [3.05, 3.63) is 61.1 Å². The van der Waals surface area contributed by atoms with Crippen LogP contribution < -0.4 is 5.32 Å². The second-order valence-electron chi connectivity index (χ2n) is 5.10. The predicted octanol–water partition coefficient (Wildman–Crippen LogP) is 3.19. The Hall–Kier alpha value is -2.54. The van der Waals surface area contributed by atoms with Gasteiger partial charge < -0.3 is 9.73 Å². The fourth-order valence-corrected chi connectivity index (χ4v) is 2.83. The molecule has 24 heavy (non-hydrogen) atoms. The summed E-state index contributed by atoms with van der Waals surface area (Å²) in [5, 5.41) is 7.10. The summed E-state index contributed by atoms with van der Waals surface area (Å²) < 4.78 is 19.6. The molecule has 1 aromatic carbocycles. The SMILES string of the molecule is O=C(CSc1ccc(F)cc1)NCCn1cc(-c2ccoc2)cn1. The maximum atomic E-state index is 12.8. The van der Waals surface area contributed by atoms with Crippen LogP contribution in [0.15, 0.2) is 64.6 Å². The highest BCUT2D eigenvalue weighted by atomic mass is 32.2. The molecule has 0 aliphatic rings. The number of benzene rings is 1. The van der Waals surface area contributed by atoms with Crippen molar-refractivity contribution in [2.45, 2.75) is 11.4 Å². The molecule has 0 spiro atoms. The Kier molecular flexibility index (Phi) is 5.32. The third-order valence-electron chi connectivity index (χ3n) is 3.33. The van der Waals surface area contributed by atoms with Gasteiger partial charge in [0.05, 0.1) is 31.0 Å². The Labute approximate surface area is 142 Å². The van der Waals surface area contributed by atoms with Crippen molar-refractivity contribution in [3.8, 4) is 11.1 Å². The standard InChI is InChI=1S/C17H16FN3O2S/c18-15-1-3-16(4-2-15)24-12-17(22)19-6-7-21-10-14(9-20-21)13-5-8-23-11-13/h1-5,8-11H,6-7,12H2,(H,19,22). The van der Waals surface area contributed by atoms with Crippen molar-refractivity contribution in [3.63, 3.8) is 0 Å². The van der Waals surface area contributed by atoms with Crippen molar-refractivity contribution >= 4 is 17.7 Å². The summed E-state index contributed by atoms with van der Waals surface area (Å²) in [7, 11) is 0. The molecule has 3 aromatic rings. The summed E-state index contributed by atoms with van der Waals surface area (Å²) in [5.74, 6) is -0.0466. The molecule has 0 fully saturated rings. The molecule has 0 atom stereocenters. The minimum Gasteiger partial charge on any atom is -0.472 e. The first kappa shape index (κ1) is 16.3. The minimum atomic E-state index is -0.280. The highest BCUT2D eigenvalue weighted by Crippen LogP contribution is 2.18. The number of carbonyl (C=O) groups excluding carboxylic acids is 1. The fourth-order valence-electron chi connectivity index (χ4n) is 2.10. The van der Waals surface area contributed by atoms with E-state index >= 15 is 0 Å². The Bertz CT molecular complexity index is 785. The molecule has 5 nitrogen and oxygen atoms in total. The van der Waals surface area contributed by atoms with Gasteiger partial charge in [-0.25, -0.2) is 4.39 Å². The number of amides is 1. The van der Waals surface area contributed by atoms with E-state index in [4.69, 9.17) is 4.42 Å².